The molecule has 0 amide bonds. The Labute approximate surface area is 148 Å². The Balaban J connectivity index is 2.10. The topological polar surface area (TPSA) is 29.6 Å². The van der Waals surface area contributed by atoms with E-state index in [9.17, 15) is 0 Å². The van der Waals surface area contributed by atoms with E-state index in [-0.39, 0.29) is 0 Å². The van der Waals surface area contributed by atoms with Gasteiger partial charge in [0, 0.05) is 23.0 Å². The summed E-state index contributed by atoms with van der Waals surface area (Å²) in [6.07, 6.45) is 1.80. The molecule has 0 bridgehead atoms. The minimum absolute atomic E-state index is 0.585. The molecule has 0 unspecified atom stereocenters. The first-order valence-corrected chi connectivity index (χ1v) is 8.51. The first kappa shape index (κ1) is 16.0. The number of halogens is 2. The van der Waals surface area contributed by atoms with Gasteiger partial charge in [-0.2, -0.15) is 5.10 Å². The van der Waals surface area contributed by atoms with E-state index < -0.39 is 0 Å². The van der Waals surface area contributed by atoms with Crippen LogP contribution >= 0.6 is 34.5 Å². The largest absolute Gasteiger partial charge is 0.261 e. The van der Waals surface area contributed by atoms with Crippen LogP contribution in [0.15, 0.2) is 64.0 Å². The summed E-state index contributed by atoms with van der Waals surface area (Å²) in [6, 6.07) is 15.3. The third kappa shape index (κ3) is 3.55. The van der Waals surface area contributed by atoms with Crippen LogP contribution in [0, 0.1) is 0 Å². The Kier molecular flexibility index (Phi) is 4.96. The predicted molar refractivity (Wildman–Crippen MR) is 98.7 cm³/mol. The highest BCUT2D eigenvalue weighted by atomic mass is 35.5. The summed E-state index contributed by atoms with van der Waals surface area (Å²) >= 11 is 13.8. The van der Waals surface area contributed by atoms with Crippen LogP contribution in [0.2, 0.25) is 10.0 Å². The van der Waals surface area contributed by atoms with Crippen LogP contribution in [0.3, 0.4) is 0 Å². The van der Waals surface area contributed by atoms with Crippen LogP contribution in [-0.4, -0.2) is 17.9 Å². The zero-order chi connectivity index (χ0) is 16.2. The smallest absolute Gasteiger partial charge is 0.205 e. The molecule has 2 aromatic carbocycles. The highest BCUT2D eigenvalue weighted by Gasteiger charge is 2.11. The molecule has 0 saturated heterocycles. The van der Waals surface area contributed by atoms with Crippen molar-refractivity contribution in [2.75, 3.05) is 7.05 Å². The van der Waals surface area contributed by atoms with E-state index in [4.69, 9.17) is 23.2 Å². The lowest BCUT2D eigenvalue weighted by Gasteiger charge is -2.06. The van der Waals surface area contributed by atoms with Gasteiger partial charge in [-0.05, 0) is 23.8 Å². The zero-order valence-electron chi connectivity index (χ0n) is 12.3. The number of rotatable bonds is 3. The zero-order valence-corrected chi connectivity index (χ0v) is 14.6. The predicted octanol–water partition coefficient (Wildman–Crippen LogP) is 4.94. The van der Waals surface area contributed by atoms with Crippen LogP contribution in [-0.2, 0) is 0 Å². The fraction of sp³-hybridized carbons (Fsp3) is 0.0588. The van der Waals surface area contributed by atoms with Gasteiger partial charge in [0.1, 0.15) is 0 Å². The molecule has 0 radical (unpaired) electrons. The van der Waals surface area contributed by atoms with Crippen molar-refractivity contribution in [3.63, 3.8) is 0 Å². The molecule has 6 heteroatoms. The average molecular weight is 362 g/mol. The van der Waals surface area contributed by atoms with E-state index in [1.165, 1.54) is 11.3 Å². The molecule has 0 aliphatic rings. The number of hydrogen-bond donors (Lipinski definition) is 0. The number of benzene rings is 2. The third-order valence-corrected chi connectivity index (χ3v) is 4.66. The molecule has 3 rings (SSSR count). The van der Waals surface area contributed by atoms with Crippen LogP contribution in [0.25, 0.3) is 11.3 Å². The molecule has 116 valence electrons. The lowest BCUT2D eigenvalue weighted by Crippen LogP contribution is -2.11. The van der Waals surface area contributed by atoms with Crippen molar-refractivity contribution in [2.45, 2.75) is 0 Å². The van der Waals surface area contributed by atoms with Gasteiger partial charge < -0.3 is 0 Å². The normalized spacial score (nSPS) is 12.2. The number of hydrogen-bond acceptors (Lipinski definition) is 3. The Bertz CT molecular complexity index is 911. The first-order chi connectivity index (χ1) is 11.2. The van der Waals surface area contributed by atoms with Crippen molar-refractivity contribution in [2.24, 2.45) is 10.1 Å². The highest BCUT2D eigenvalue weighted by Crippen LogP contribution is 2.30. The van der Waals surface area contributed by atoms with Gasteiger partial charge in [0.25, 0.3) is 0 Å². The van der Waals surface area contributed by atoms with Crippen LogP contribution in [0.1, 0.15) is 5.56 Å². The van der Waals surface area contributed by atoms with E-state index in [0.717, 1.165) is 21.6 Å². The van der Waals surface area contributed by atoms with Crippen molar-refractivity contribution in [3.8, 4) is 11.3 Å². The monoisotopic (exact) mass is 361 g/mol. The van der Waals surface area contributed by atoms with Gasteiger partial charge in [-0.1, -0.05) is 53.5 Å². The standard InChI is InChI=1S/C17H13Cl2N3S/c1-20-17-22(21-10-12-5-3-2-4-6-12)16(11-23-17)14-8-7-13(18)9-15(14)19/h2-11H,1H3. The summed E-state index contributed by atoms with van der Waals surface area (Å²) in [6.45, 7) is 0. The van der Waals surface area contributed by atoms with Gasteiger partial charge in [0.05, 0.1) is 16.9 Å². The summed E-state index contributed by atoms with van der Waals surface area (Å²) in [5.41, 5.74) is 2.76. The van der Waals surface area contributed by atoms with Crippen LogP contribution in [0.4, 0.5) is 0 Å². The van der Waals surface area contributed by atoms with Gasteiger partial charge in [-0.15, -0.1) is 11.3 Å². The number of thiazole rings is 1. The molecule has 3 aromatic rings. The first-order valence-electron chi connectivity index (χ1n) is 6.87. The fourth-order valence-corrected chi connectivity index (χ4v) is 3.41. The van der Waals surface area contributed by atoms with Crippen LogP contribution in [0.5, 0.6) is 0 Å². The molecule has 1 aromatic heterocycles. The van der Waals surface area contributed by atoms with Gasteiger partial charge >= 0.3 is 0 Å². The van der Waals surface area contributed by atoms with E-state index >= 15 is 0 Å². The Morgan fingerprint density at radius 3 is 2.57 bits per heavy atom. The molecule has 0 saturated carbocycles. The van der Waals surface area contributed by atoms with Crippen molar-refractivity contribution in [3.05, 3.63) is 74.3 Å². The average Bonchev–Trinajstić information content (AvgIpc) is 2.96. The molecule has 3 nitrogen and oxygen atoms in total. The minimum atomic E-state index is 0.585. The molecule has 1 heterocycles. The van der Waals surface area contributed by atoms with Gasteiger partial charge in [0.2, 0.25) is 4.80 Å². The second-order valence-corrected chi connectivity index (χ2v) is 6.40. The SMILES string of the molecule is CN=c1scc(-c2ccc(Cl)cc2Cl)n1N=Cc1ccccc1. The molecule has 0 fully saturated rings. The molecule has 0 aliphatic heterocycles. The van der Waals surface area contributed by atoms with E-state index in [0.29, 0.717) is 10.0 Å². The maximum Gasteiger partial charge on any atom is 0.205 e. The van der Waals surface area contributed by atoms with Crippen molar-refractivity contribution >= 4 is 40.8 Å². The summed E-state index contributed by atoms with van der Waals surface area (Å²) in [5.74, 6) is 0. The molecular weight excluding hydrogens is 349 g/mol. The van der Waals surface area contributed by atoms with Crippen molar-refractivity contribution in [1.82, 2.24) is 4.68 Å². The van der Waals surface area contributed by atoms with Crippen molar-refractivity contribution < 1.29 is 0 Å². The second kappa shape index (κ2) is 7.13. The quantitative estimate of drug-likeness (QED) is 0.591. The summed E-state index contributed by atoms with van der Waals surface area (Å²) in [5, 5.41) is 7.74. The number of nitrogens with zero attached hydrogens (tertiary/aromatic N) is 3. The van der Waals surface area contributed by atoms with Crippen LogP contribution < -0.4 is 4.80 Å². The Morgan fingerprint density at radius 1 is 1.09 bits per heavy atom. The maximum absolute atomic E-state index is 6.33. The van der Waals surface area contributed by atoms with E-state index in [2.05, 4.69) is 10.1 Å². The second-order valence-electron chi connectivity index (χ2n) is 4.72. The van der Waals surface area contributed by atoms with Crippen molar-refractivity contribution in [1.29, 1.82) is 0 Å². The lowest BCUT2D eigenvalue weighted by atomic mass is 10.2. The molecular formula is C17H13Cl2N3S. The summed E-state index contributed by atoms with van der Waals surface area (Å²) in [4.78, 5) is 5.06. The molecule has 0 spiro atoms. The van der Waals surface area contributed by atoms with Gasteiger partial charge in [0.15, 0.2) is 0 Å². The third-order valence-electron chi connectivity index (χ3n) is 3.21. The van der Waals surface area contributed by atoms with Gasteiger partial charge in [-0.25, -0.2) is 4.68 Å². The summed E-state index contributed by atoms with van der Waals surface area (Å²) in [7, 11) is 1.74. The maximum atomic E-state index is 6.33. The number of aromatic nitrogens is 1. The molecule has 0 N–H and O–H groups in total. The molecule has 0 atom stereocenters. The highest BCUT2D eigenvalue weighted by molar-refractivity contribution is 7.07. The van der Waals surface area contributed by atoms with E-state index in [1.54, 1.807) is 24.0 Å². The molecule has 0 aliphatic carbocycles. The van der Waals surface area contributed by atoms with Gasteiger partial charge in [-0.3, -0.25) is 4.99 Å². The lowest BCUT2D eigenvalue weighted by molar-refractivity contribution is 0.848. The molecule has 23 heavy (non-hydrogen) atoms. The van der Waals surface area contributed by atoms with E-state index in [1.807, 2.05) is 47.8 Å². The Morgan fingerprint density at radius 2 is 1.87 bits per heavy atom. The fourth-order valence-electron chi connectivity index (χ4n) is 2.11. The summed E-state index contributed by atoms with van der Waals surface area (Å²) < 4.78 is 1.78. The Hall–Kier alpha value is -1.88. The minimum Gasteiger partial charge on any atom is -0.261 e.